The largest absolute Gasteiger partial charge is 0.496 e. The number of aromatic nitrogens is 2. The number of nitrogens with zero attached hydrogens (tertiary/aromatic N) is 2. The molecule has 1 aromatic heterocycles. The molecule has 1 heterocycles. The van der Waals surface area contributed by atoms with Gasteiger partial charge in [-0.2, -0.15) is 0 Å². The molecular weight excluding hydrogens is 358 g/mol. The molecule has 0 aliphatic heterocycles. The van der Waals surface area contributed by atoms with Gasteiger partial charge < -0.3 is 4.74 Å². The molecule has 8 heteroatoms. The molecule has 0 saturated heterocycles. The summed E-state index contributed by atoms with van der Waals surface area (Å²) in [5, 5.41) is 8.88. The van der Waals surface area contributed by atoms with Crippen molar-refractivity contribution >= 4 is 26.5 Å². The summed E-state index contributed by atoms with van der Waals surface area (Å²) >= 11 is 1.19. The Morgan fingerprint density at radius 3 is 2.40 bits per heavy atom. The summed E-state index contributed by atoms with van der Waals surface area (Å²) in [7, 11) is -2.19. The number of anilines is 1. The van der Waals surface area contributed by atoms with Crippen LogP contribution >= 0.6 is 11.3 Å². The van der Waals surface area contributed by atoms with Gasteiger partial charge in [0, 0.05) is 5.56 Å². The van der Waals surface area contributed by atoms with E-state index in [4.69, 9.17) is 4.74 Å². The molecule has 0 aliphatic rings. The van der Waals surface area contributed by atoms with Crippen LogP contribution in [0.4, 0.5) is 5.13 Å². The summed E-state index contributed by atoms with van der Waals surface area (Å²) in [5.74, 6) is 0.636. The normalized spacial score (nSPS) is 11.3. The number of hydrogen-bond donors (Lipinski definition) is 1. The van der Waals surface area contributed by atoms with Crippen molar-refractivity contribution < 1.29 is 13.2 Å². The van der Waals surface area contributed by atoms with E-state index in [-0.39, 0.29) is 10.0 Å². The monoisotopic (exact) mass is 375 g/mol. The fourth-order valence-electron chi connectivity index (χ4n) is 2.27. The highest BCUT2D eigenvalue weighted by molar-refractivity contribution is 7.93. The minimum Gasteiger partial charge on any atom is -0.496 e. The minimum absolute atomic E-state index is 0.151. The number of hydrogen-bond acceptors (Lipinski definition) is 6. The number of methoxy groups -OCH3 is 1. The molecule has 6 nitrogen and oxygen atoms in total. The Kier molecular flexibility index (Phi) is 4.73. The molecule has 0 saturated carbocycles. The van der Waals surface area contributed by atoms with Crippen LogP contribution in [0.2, 0.25) is 0 Å². The lowest BCUT2D eigenvalue weighted by Crippen LogP contribution is -2.13. The van der Waals surface area contributed by atoms with Crippen molar-refractivity contribution in [2.24, 2.45) is 0 Å². The van der Waals surface area contributed by atoms with Crippen LogP contribution in [0.5, 0.6) is 5.75 Å². The number of rotatable bonds is 5. The van der Waals surface area contributed by atoms with Crippen LogP contribution in [0.3, 0.4) is 0 Å². The van der Waals surface area contributed by atoms with Crippen LogP contribution in [0.25, 0.3) is 10.6 Å². The first kappa shape index (κ1) is 17.4. The van der Waals surface area contributed by atoms with Gasteiger partial charge in [-0.25, -0.2) is 8.42 Å². The molecule has 0 aliphatic carbocycles. The number of benzene rings is 2. The van der Waals surface area contributed by atoms with E-state index in [2.05, 4.69) is 14.9 Å². The summed E-state index contributed by atoms with van der Waals surface area (Å²) in [6, 6.07) is 12.5. The summed E-state index contributed by atoms with van der Waals surface area (Å²) in [6.45, 7) is 3.79. The van der Waals surface area contributed by atoms with Gasteiger partial charge in [0.1, 0.15) is 10.8 Å². The first-order chi connectivity index (χ1) is 11.9. The molecule has 0 radical (unpaired) electrons. The molecule has 25 heavy (non-hydrogen) atoms. The molecule has 0 unspecified atom stereocenters. The molecule has 0 atom stereocenters. The third kappa shape index (κ3) is 3.80. The van der Waals surface area contributed by atoms with Crippen molar-refractivity contribution in [3.05, 3.63) is 53.6 Å². The molecule has 0 fully saturated rings. The third-order valence-electron chi connectivity index (χ3n) is 3.62. The fraction of sp³-hybridized carbons (Fsp3) is 0.176. The maximum atomic E-state index is 12.5. The predicted molar refractivity (Wildman–Crippen MR) is 98.6 cm³/mol. The molecule has 0 spiro atoms. The topological polar surface area (TPSA) is 81.2 Å². The van der Waals surface area contributed by atoms with Gasteiger partial charge >= 0.3 is 0 Å². The minimum atomic E-state index is -3.73. The van der Waals surface area contributed by atoms with Crippen molar-refractivity contribution in [3.8, 4) is 16.3 Å². The average molecular weight is 375 g/mol. The highest BCUT2D eigenvalue weighted by Crippen LogP contribution is 2.29. The summed E-state index contributed by atoms with van der Waals surface area (Å²) in [4.78, 5) is 0.151. The Balaban J connectivity index is 1.84. The maximum Gasteiger partial charge on any atom is 0.263 e. The van der Waals surface area contributed by atoms with Gasteiger partial charge in [0.2, 0.25) is 5.13 Å². The fourth-order valence-corrected chi connectivity index (χ4v) is 4.33. The van der Waals surface area contributed by atoms with E-state index in [1.807, 2.05) is 31.2 Å². The Hall–Kier alpha value is -2.45. The molecule has 130 valence electrons. The van der Waals surface area contributed by atoms with Crippen LogP contribution < -0.4 is 9.46 Å². The van der Waals surface area contributed by atoms with Gasteiger partial charge in [0.25, 0.3) is 10.0 Å². The van der Waals surface area contributed by atoms with E-state index < -0.39 is 10.0 Å². The molecule has 3 rings (SSSR count). The Morgan fingerprint density at radius 1 is 1.04 bits per heavy atom. The summed E-state index contributed by atoms with van der Waals surface area (Å²) in [6.07, 6.45) is 0. The smallest absolute Gasteiger partial charge is 0.263 e. The molecule has 3 aromatic rings. The molecule has 1 N–H and O–H groups in total. The average Bonchev–Trinajstić information content (AvgIpc) is 3.03. The van der Waals surface area contributed by atoms with E-state index in [0.29, 0.717) is 10.8 Å². The molecule has 2 aromatic carbocycles. The highest BCUT2D eigenvalue weighted by Gasteiger charge is 2.18. The lowest BCUT2D eigenvalue weighted by molar-refractivity contribution is 0.411. The van der Waals surface area contributed by atoms with Crippen molar-refractivity contribution in [3.63, 3.8) is 0 Å². The van der Waals surface area contributed by atoms with Crippen LogP contribution in [-0.4, -0.2) is 25.7 Å². The zero-order valence-electron chi connectivity index (χ0n) is 14.0. The molecule has 0 amide bonds. The first-order valence-electron chi connectivity index (χ1n) is 7.47. The number of ether oxygens (including phenoxy) is 1. The third-order valence-corrected chi connectivity index (χ3v) is 5.98. The van der Waals surface area contributed by atoms with Gasteiger partial charge in [0.05, 0.1) is 12.0 Å². The van der Waals surface area contributed by atoms with Crippen LogP contribution in [0, 0.1) is 13.8 Å². The zero-order valence-corrected chi connectivity index (χ0v) is 15.6. The Labute approximate surface area is 150 Å². The highest BCUT2D eigenvalue weighted by atomic mass is 32.2. The van der Waals surface area contributed by atoms with Crippen LogP contribution in [0.1, 0.15) is 11.1 Å². The van der Waals surface area contributed by atoms with Gasteiger partial charge in [-0.3, -0.25) is 4.72 Å². The quantitative estimate of drug-likeness (QED) is 0.736. The van der Waals surface area contributed by atoms with Crippen molar-refractivity contribution in [2.45, 2.75) is 18.7 Å². The van der Waals surface area contributed by atoms with Crippen LogP contribution in [-0.2, 0) is 10.0 Å². The second-order valence-electron chi connectivity index (χ2n) is 5.52. The zero-order chi connectivity index (χ0) is 18.0. The van der Waals surface area contributed by atoms with E-state index in [1.54, 1.807) is 26.2 Å². The molecular formula is C17H17N3O3S2. The van der Waals surface area contributed by atoms with Crippen molar-refractivity contribution in [1.29, 1.82) is 0 Å². The number of sulfonamides is 1. The number of nitrogens with one attached hydrogen (secondary N) is 1. The van der Waals surface area contributed by atoms with E-state index in [0.717, 1.165) is 16.7 Å². The van der Waals surface area contributed by atoms with Gasteiger partial charge in [0.15, 0.2) is 0 Å². The van der Waals surface area contributed by atoms with E-state index in [1.165, 1.54) is 17.4 Å². The van der Waals surface area contributed by atoms with E-state index in [9.17, 15) is 8.42 Å². The second kappa shape index (κ2) is 6.81. The summed E-state index contributed by atoms with van der Waals surface area (Å²) in [5.41, 5.74) is 2.78. The SMILES string of the molecule is COc1ccc(S(=O)(=O)Nc2nnc(-c3ccc(C)cc3)s2)cc1C. The van der Waals surface area contributed by atoms with Gasteiger partial charge in [-0.05, 0) is 37.6 Å². The van der Waals surface area contributed by atoms with Gasteiger partial charge in [-0.1, -0.05) is 41.2 Å². The lowest BCUT2D eigenvalue weighted by Gasteiger charge is -2.08. The molecule has 0 bridgehead atoms. The van der Waals surface area contributed by atoms with E-state index >= 15 is 0 Å². The maximum absolute atomic E-state index is 12.5. The van der Waals surface area contributed by atoms with Crippen LogP contribution in [0.15, 0.2) is 47.4 Å². The predicted octanol–water partition coefficient (Wildman–Crippen LogP) is 3.63. The van der Waals surface area contributed by atoms with Crippen molar-refractivity contribution in [2.75, 3.05) is 11.8 Å². The standard InChI is InChI=1S/C17H17N3O3S2/c1-11-4-6-13(7-5-11)16-18-19-17(24-16)20-25(21,22)14-8-9-15(23-3)12(2)10-14/h4-10H,1-3H3,(H,19,20). The van der Waals surface area contributed by atoms with Crippen molar-refractivity contribution in [1.82, 2.24) is 10.2 Å². The lowest BCUT2D eigenvalue weighted by atomic mass is 10.2. The first-order valence-corrected chi connectivity index (χ1v) is 9.77. The summed E-state index contributed by atoms with van der Waals surface area (Å²) < 4.78 is 32.7. The van der Waals surface area contributed by atoms with Gasteiger partial charge in [-0.15, -0.1) is 10.2 Å². The second-order valence-corrected chi connectivity index (χ2v) is 8.18. The Bertz CT molecular complexity index is 996. The number of aryl methyl sites for hydroxylation is 2. The Morgan fingerprint density at radius 2 is 1.76 bits per heavy atom.